The minimum atomic E-state index is -0.637. The zero-order chi connectivity index (χ0) is 17.4. The maximum Gasteiger partial charge on any atom is 0.261 e. The number of hydrogen-bond acceptors (Lipinski definition) is 3. The van der Waals surface area contributed by atoms with Crippen LogP contribution in [-0.4, -0.2) is 12.0 Å². The average molecular weight is 322 g/mol. The molecular formula is C20H22N2O2. The Morgan fingerprint density at radius 1 is 1.21 bits per heavy atom. The highest BCUT2D eigenvalue weighted by Gasteiger charge is 2.19. The van der Waals surface area contributed by atoms with Crippen molar-refractivity contribution in [1.82, 2.24) is 5.32 Å². The molecule has 0 saturated carbocycles. The molecule has 0 aliphatic heterocycles. The molecule has 0 fully saturated rings. The first-order chi connectivity index (χ1) is 11.6. The van der Waals surface area contributed by atoms with Crippen molar-refractivity contribution in [1.29, 1.82) is 5.26 Å². The van der Waals surface area contributed by atoms with E-state index in [-0.39, 0.29) is 11.9 Å². The number of ether oxygens (including phenoxy) is 1. The highest BCUT2D eigenvalue weighted by molar-refractivity contribution is 5.81. The van der Waals surface area contributed by atoms with Gasteiger partial charge in [0.2, 0.25) is 0 Å². The van der Waals surface area contributed by atoms with Gasteiger partial charge in [0, 0.05) is 0 Å². The van der Waals surface area contributed by atoms with E-state index in [9.17, 15) is 4.79 Å². The van der Waals surface area contributed by atoms with Crippen molar-refractivity contribution in [3.63, 3.8) is 0 Å². The average Bonchev–Trinajstić information content (AvgIpc) is 2.62. The van der Waals surface area contributed by atoms with Crippen molar-refractivity contribution in [2.24, 2.45) is 0 Å². The largest absolute Gasteiger partial charge is 0.481 e. The molecule has 0 aromatic heterocycles. The van der Waals surface area contributed by atoms with Crippen molar-refractivity contribution in [3.05, 3.63) is 65.7 Å². The third kappa shape index (κ3) is 4.85. The number of benzene rings is 2. The number of hydrogen-bond donors (Lipinski definition) is 1. The third-order valence-corrected chi connectivity index (χ3v) is 3.74. The summed E-state index contributed by atoms with van der Waals surface area (Å²) in [6.07, 6.45) is 1.20. The summed E-state index contributed by atoms with van der Waals surface area (Å²) in [6.45, 7) is 3.80. The van der Waals surface area contributed by atoms with Crippen LogP contribution in [0.25, 0.3) is 0 Å². The first kappa shape index (κ1) is 17.6. The summed E-state index contributed by atoms with van der Waals surface area (Å²) in [5.74, 6) is 0.350. The number of nitrogens with one attached hydrogen (secondary N) is 1. The van der Waals surface area contributed by atoms with E-state index in [0.717, 1.165) is 18.4 Å². The van der Waals surface area contributed by atoms with E-state index >= 15 is 0 Å². The molecule has 0 aliphatic carbocycles. The van der Waals surface area contributed by atoms with Crippen molar-refractivity contribution >= 4 is 5.91 Å². The standard InChI is InChI=1S/C20H22N2O2/c1-3-8-19(17-10-5-4-6-11-17)22-20(23)15(2)24-18-12-7-9-16(13-18)14-21/h4-7,9-13,15,19H,3,8H2,1-2H3,(H,22,23)/t15-,19+/m0/s1. The van der Waals surface area contributed by atoms with E-state index < -0.39 is 6.10 Å². The van der Waals surface area contributed by atoms with Gasteiger partial charge >= 0.3 is 0 Å². The summed E-state index contributed by atoms with van der Waals surface area (Å²) in [5.41, 5.74) is 1.60. The van der Waals surface area contributed by atoms with Crippen molar-refractivity contribution < 1.29 is 9.53 Å². The number of carbonyl (C=O) groups is 1. The molecule has 0 unspecified atom stereocenters. The number of amides is 1. The maximum absolute atomic E-state index is 12.5. The summed E-state index contributed by atoms with van der Waals surface area (Å²) in [6, 6.07) is 18.8. The van der Waals surface area contributed by atoms with E-state index in [2.05, 4.69) is 18.3 Å². The van der Waals surface area contributed by atoms with Crippen LogP contribution in [0.5, 0.6) is 5.75 Å². The van der Waals surface area contributed by atoms with Gasteiger partial charge in [0.15, 0.2) is 6.10 Å². The minimum Gasteiger partial charge on any atom is -0.481 e. The zero-order valence-corrected chi connectivity index (χ0v) is 14.0. The molecule has 2 rings (SSSR count). The topological polar surface area (TPSA) is 62.1 Å². The molecule has 124 valence electrons. The van der Waals surface area contributed by atoms with E-state index in [1.165, 1.54) is 0 Å². The normalized spacial score (nSPS) is 12.7. The second-order valence-corrected chi connectivity index (χ2v) is 5.66. The molecule has 0 spiro atoms. The van der Waals surface area contributed by atoms with Crippen LogP contribution in [0.2, 0.25) is 0 Å². The van der Waals surface area contributed by atoms with Gasteiger partial charge < -0.3 is 10.1 Å². The lowest BCUT2D eigenvalue weighted by atomic mass is 10.0. The minimum absolute atomic E-state index is 0.0276. The Morgan fingerprint density at radius 3 is 2.62 bits per heavy atom. The molecule has 2 aromatic carbocycles. The highest BCUT2D eigenvalue weighted by Crippen LogP contribution is 2.19. The second kappa shape index (κ2) is 8.73. The molecule has 0 radical (unpaired) electrons. The molecule has 4 heteroatoms. The predicted molar refractivity (Wildman–Crippen MR) is 93.5 cm³/mol. The van der Waals surface area contributed by atoms with Crippen LogP contribution in [-0.2, 0) is 4.79 Å². The van der Waals surface area contributed by atoms with E-state index in [1.807, 2.05) is 30.3 Å². The van der Waals surface area contributed by atoms with Gasteiger partial charge in [-0.2, -0.15) is 5.26 Å². The van der Waals surface area contributed by atoms with E-state index in [1.54, 1.807) is 31.2 Å². The van der Waals surface area contributed by atoms with Gasteiger partial charge in [-0.25, -0.2) is 0 Å². The zero-order valence-electron chi connectivity index (χ0n) is 14.0. The van der Waals surface area contributed by atoms with Gasteiger partial charge in [-0.15, -0.1) is 0 Å². The molecule has 1 N–H and O–H groups in total. The SMILES string of the molecule is CCC[C@@H](NC(=O)[C@H](C)Oc1cccc(C#N)c1)c1ccccc1. The van der Waals surface area contributed by atoms with Crippen molar-refractivity contribution in [2.45, 2.75) is 38.8 Å². The molecule has 2 atom stereocenters. The van der Waals surface area contributed by atoms with Gasteiger partial charge in [0.25, 0.3) is 5.91 Å². The molecule has 0 aliphatic rings. The number of nitrogens with zero attached hydrogens (tertiary/aromatic N) is 1. The molecule has 1 amide bonds. The molecule has 4 nitrogen and oxygen atoms in total. The Bertz CT molecular complexity index is 707. The van der Waals surface area contributed by atoms with Crippen LogP contribution in [0, 0.1) is 11.3 Å². The quantitative estimate of drug-likeness (QED) is 0.838. The van der Waals surface area contributed by atoms with Crippen molar-refractivity contribution in [2.75, 3.05) is 0 Å². The fourth-order valence-electron chi connectivity index (χ4n) is 2.48. The molecule has 2 aromatic rings. The summed E-state index contributed by atoms with van der Waals surface area (Å²) < 4.78 is 5.67. The van der Waals surface area contributed by atoms with Crippen molar-refractivity contribution in [3.8, 4) is 11.8 Å². The molecule has 0 heterocycles. The fourth-order valence-corrected chi connectivity index (χ4v) is 2.48. The molecular weight excluding hydrogens is 300 g/mol. The van der Waals surface area contributed by atoms with E-state index in [0.29, 0.717) is 11.3 Å². The lowest BCUT2D eigenvalue weighted by Gasteiger charge is -2.22. The van der Waals surface area contributed by atoms with Crippen LogP contribution in [0.4, 0.5) is 0 Å². The van der Waals surface area contributed by atoms with Crippen LogP contribution in [0.1, 0.15) is 43.9 Å². The first-order valence-corrected chi connectivity index (χ1v) is 8.16. The summed E-state index contributed by atoms with van der Waals surface area (Å²) in [7, 11) is 0. The van der Waals surface area contributed by atoms with Gasteiger partial charge in [0.05, 0.1) is 17.7 Å². The van der Waals surface area contributed by atoms with Gasteiger partial charge in [-0.1, -0.05) is 49.7 Å². The lowest BCUT2D eigenvalue weighted by Crippen LogP contribution is -2.38. The fraction of sp³-hybridized carbons (Fsp3) is 0.300. The van der Waals surface area contributed by atoms with Crippen LogP contribution in [0.3, 0.4) is 0 Å². The maximum atomic E-state index is 12.5. The molecule has 24 heavy (non-hydrogen) atoms. The number of carbonyl (C=O) groups excluding carboxylic acids is 1. The van der Waals surface area contributed by atoms with E-state index in [4.69, 9.17) is 10.00 Å². The van der Waals surface area contributed by atoms with Crippen LogP contribution in [0.15, 0.2) is 54.6 Å². The molecule has 0 bridgehead atoms. The number of nitriles is 1. The second-order valence-electron chi connectivity index (χ2n) is 5.66. The van der Waals surface area contributed by atoms with Gasteiger partial charge in [-0.3, -0.25) is 4.79 Å². The Hall–Kier alpha value is -2.80. The summed E-state index contributed by atoms with van der Waals surface area (Å²) in [4.78, 5) is 12.5. The Labute approximate surface area is 143 Å². The monoisotopic (exact) mass is 322 g/mol. The molecule has 0 saturated heterocycles. The summed E-state index contributed by atoms with van der Waals surface area (Å²) >= 11 is 0. The highest BCUT2D eigenvalue weighted by atomic mass is 16.5. The summed E-state index contributed by atoms with van der Waals surface area (Å²) in [5, 5.41) is 12.0. The smallest absolute Gasteiger partial charge is 0.261 e. The van der Waals surface area contributed by atoms with Crippen LogP contribution < -0.4 is 10.1 Å². The Kier molecular flexibility index (Phi) is 6.39. The Morgan fingerprint density at radius 2 is 1.96 bits per heavy atom. The Balaban J connectivity index is 2.02. The lowest BCUT2D eigenvalue weighted by molar-refractivity contribution is -0.128. The van der Waals surface area contributed by atoms with Gasteiger partial charge in [0.1, 0.15) is 5.75 Å². The van der Waals surface area contributed by atoms with Gasteiger partial charge in [-0.05, 0) is 37.1 Å². The number of rotatable bonds is 7. The first-order valence-electron chi connectivity index (χ1n) is 8.16. The third-order valence-electron chi connectivity index (χ3n) is 3.74. The van der Waals surface area contributed by atoms with Crippen LogP contribution >= 0.6 is 0 Å². The predicted octanol–water partition coefficient (Wildman–Crippen LogP) is 3.98.